The van der Waals surface area contributed by atoms with E-state index in [1.807, 2.05) is 19.1 Å². The van der Waals surface area contributed by atoms with Crippen LogP contribution in [0.3, 0.4) is 0 Å². The molecule has 1 N–H and O–H groups in total. The van der Waals surface area contributed by atoms with E-state index in [0.717, 1.165) is 5.56 Å². The lowest BCUT2D eigenvalue weighted by Gasteiger charge is -2.32. The van der Waals surface area contributed by atoms with Crippen molar-refractivity contribution in [2.45, 2.75) is 32.7 Å². The van der Waals surface area contributed by atoms with Crippen LogP contribution in [-0.4, -0.2) is 41.2 Å². The van der Waals surface area contributed by atoms with E-state index in [2.05, 4.69) is 5.32 Å². The number of piperidine rings is 1. The lowest BCUT2D eigenvalue weighted by molar-refractivity contribution is 0.0923. The fourth-order valence-electron chi connectivity index (χ4n) is 4.24. The Bertz CT molecular complexity index is 1260. The van der Waals surface area contributed by atoms with Gasteiger partial charge in [0.15, 0.2) is 0 Å². The third kappa shape index (κ3) is 4.59. The number of rotatable bonds is 4. The van der Waals surface area contributed by atoms with Gasteiger partial charge in [0.2, 0.25) is 0 Å². The first-order chi connectivity index (χ1) is 15.9. The SMILES string of the molecule is CCOC(=O)N1CCC(n2ccc3c(NC(=O)c4cccc(C)c4Cl)cccc3c2=O)CC1. The Morgan fingerprint density at radius 3 is 2.55 bits per heavy atom. The molecule has 0 spiro atoms. The number of fused-ring (bicyclic) bond motifs is 1. The first kappa shape index (κ1) is 22.9. The molecule has 1 aromatic heterocycles. The van der Waals surface area contributed by atoms with E-state index in [1.165, 1.54) is 0 Å². The largest absolute Gasteiger partial charge is 0.450 e. The molecular weight excluding hydrogens is 442 g/mol. The summed E-state index contributed by atoms with van der Waals surface area (Å²) in [5, 5.41) is 4.50. The van der Waals surface area contributed by atoms with Gasteiger partial charge in [0, 0.05) is 41.8 Å². The van der Waals surface area contributed by atoms with Crippen LogP contribution in [0.4, 0.5) is 10.5 Å². The smallest absolute Gasteiger partial charge is 0.409 e. The van der Waals surface area contributed by atoms with E-state index in [9.17, 15) is 14.4 Å². The summed E-state index contributed by atoms with van der Waals surface area (Å²) in [5.74, 6) is -0.327. The summed E-state index contributed by atoms with van der Waals surface area (Å²) in [6.45, 7) is 5.06. The first-order valence-corrected chi connectivity index (χ1v) is 11.4. The summed E-state index contributed by atoms with van der Waals surface area (Å²) >= 11 is 6.31. The first-order valence-electron chi connectivity index (χ1n) is 11.0. The zero-order valence-corrected chi connectivity index (χ0v) is 19.4. The van der Waals surface area contributed by atoms with E-state index in [-0.39, 0.29) is 23.6 Å². The lowest BCUT2D eigenvalue weighted by atomic mass is 10.0. The van der Waals surface area contributed by atoms with Gasteiger partial charge in [-0.3, -0.25) is 9.59 Å². The van der Waals surface area contributed by atoms with E-state index in [1.54, 1.807) is 52.9 Å². The van der Waals surface area contributed by atoms with Gasteiger partial charge in [-0.1, -0.05) is 29.8 Å². The molecule has 0 bridgehead atoms. The van der Waals surface area contributed by atoms with Crippen molar-refractivity contribution in [3.8, 4) is 0 Å². The van der Waals surface area contributed by atoms with Gasteiger partial charge < -0.3 is 19.5 Å². The van der Waals surface area contributed by atoms with Gasteiger partial charge in [-0.25, -0.2) is 4.79 Å². The molecule has 1 aliphatic heterocycles. The second kappa shape index (κ2) is 9.67. The molecule has 2 heterocycles. The van der Waals surface area contributed by atoms with Crippen LogP contribution in [0.1, 0.15) is 41.7 Å². The number of carbonyl (C=O) groups is 2. The van der Waals surface area contributed by atoms with Gasteiger partial charge >= 0.3 is 6.09 Å². The van der Waals surface area contributed by atoms with Crippen LogP contribution >= 0.6 is 11.6 Å². The molecule has 1 fully saturated rings. The number of anilines is 1. The molecule has 0 unspecified atom stereocenters. The predicted molar refractivity (Wildman–Crippen MR) is 129 cm³/mol. The van der Waals surface area contributed by atoms with Crippen molar-refractivity contribution in [3.05, 3.63) is 75.2 Å². The summed E-state index contributed by atoms with van der Waals surface area (Å²) in [7, 11) is 0. The van der Waals surface area contributed by atoms with Crippen molar-refractivity contribution < 1.29 is 14.3 Å². The monoisotopic (exact) mass is 467 g/mol. The zero-order chi connectivity index (χ0) is 23.5. The summed E-state index contributed by atoms with van der Waals surface area (Å²) < 4.78 is 6.80. The molecule has 33 heavy (non-hydrogen) atoms. The highest BCUT2D eigenvalue weighted by Gasteiger charge is 2.25. The molecule has 0 atom stereocenters. The molecule has 1 aliphatic rings. The second-order valence-corrected chi connectivity index (χ2v) is 8.48. The van der Waals surface area contributed by atoms with Crippen molar-refractivity contribution in [3.63, 3.8) is 0 Å². The number of aromatic nitrogens is 1. The molecule has 8 heteroatoms. The van der Waals surface area contributed by atoms with Gasteiger partial charge in [0.25, 0.3) is 11.5 Å². The fourth-order valence-corrected chi connectivity index (χ4v) is 4.46. The Kier molecular flexibility index (Phi) is 6.70. The number of amides is 2. The minimum atomic E-state index is -0.327. The van der Waals surface area contributed by atoms with Crippen molar-refractivity contribution >= 4 is 40.1 Å². The third-order valence-electron chi connectivity index (χ3n) is 6.04. The van der Waals surface area contributed by atoms with Gasteiger partial charge in [0.1, 0.15) is 0 Å². The number of halogens is 1. The normalized spacial score (nSPS) is 14.3. The summed E-state index contributed by atoms with van der Waals surface area (Å²) in [6.07, 6.45) is 2.81. The summed E-state index contributed by atoms with van der Waals surface area (Å²) in [6, 6.07) is 12.4. The molecule has 0 saturated carbocycles. The number of aryl methyl sites for hydroxylation is 1. The van der Waals surface area contributed by atoms with Gasteiger partial charge in [0.05, 0.1) is 17.2 Å². The maximum absolute atomic E-state index is 13.3. The molecule has 2 amide bonds. The Labute approximate surface area is 196 Å². The third-order valence-corrected chi connectivity index (χ3v) is 6.54. The van der Waals surface area contributed by atoms with Gasteiger partial charge in [-0.2, -0.15) is 0 Å². The number of carbonyl (C=O) groups excluding carboxylic acids is 2. The second-order valence-electron chi connectivity index (χ2n) is 8.10. The van der Waals surface area contributed by atoms with Crippen LogP contribution in [0.25, 0.3) is 10.8 Å². The molecule has 3 aromatic rings. The summed E-state index contributed by atoms with van der Waals surface area (Å²) in [4.78, 5) is 39.7. The van der Waals surface area contributed by atoms with Crippen LogP contribution in [-0.2, 0) is 4.74 Å². The standard InChI is InChI=1S/C25H26ClN3O4/c1-3-33-25(32)28-13-10-17(11-14-28)29-15-12-18-19(24(29)31)7-5-9-21(18)27-23(30)20-8-4-6-16(2)22(20)26/h4-9,12,15,17H,3,10-11,13-14H2,1-2H3,(H,27,30). The maximum Gasteiger partial charge on any atom is 0.409 e. The average molecular weight is 468 g/mol. The maximum atomic E-state index is 13.3. The van der Waals surface area contributed by atoms with Crippen LogP contribution in [0.5, 0.6) is 0 Å². The minimum absolute atomic E-state index is 0.00285. The number of hydrogen-bond acceptors (Lipinski definition) is 4. The highest BCUT2D eigenvalue weighted by Crippen LogP contribution is 2.27. The van der Waals surface area contributed by atoms with Gasteiger partial charge in [-0.15, -0.1) is 0 Å². The Hall–Kier alpha value is -3.32. The van der Waals surface area contributed by atoms with Crippen LogP contribution < -0.4 is 10.9 Å². The van der Waals surface area contributed by atoms with Crippen LogP contribution in [0.15, 0.2) is 53.5 Å². The van der Waals surface area contributed by atoms with E-state index >= 15 is 0 Å². The highest BCUT2D eigenvalue weighted by molar-refractivity contribution is 6.35. The molecule has 172 valence electrons. The van der Waals surface area contributed by atoms with Crippen molar-refractivity contribution in [2.75, 3.05) is 25.0 Å². The molecule has 0 aliphatic carbocycles. The van der Waals surface area contributed by atoms with Crippen molar-refractivity contribution in [2.24, 2.45) is 0 Å². The quantitative estimate of drug-likeness (QED) is 0.585. The molecule has 2 aromatic carbocycles. The number of nitrogens with one attached hydrogen (secondary N) is 1. The summed E-state index contributed by atoms with van der Waals surface area (Å²) in [5.41, 5.74) is 1.64. The molecule has 0 radical (unpaired) electrons. The number of benzene rings is 2. The molecule has 7 nitrogen and oxygen atoms in total. The Morgan fingerprint density at radius 2 is 1.82 bits per heavy atom. The highest BCUT2D eigenvalue weighted by atomic mass is 35.5. The number of likely N-dealkylation sites (tertiary alicyclic amines) is 1. The number of pyridine rings is 1. The van der Waals surface area contributed by atoms with Crippen LogP contribution in [0, 0.1) is 6.92 Å². The van der Waals surface area contributed by atoms with E-state index in [0.29, 0.717) is 59.6 Å². The van der Waals surface area contributed by atoms with Gasteiger partial charge in [-0.05, 0) is 56.5 Å². The fraction of sp³-hybridized carbons (Fsp3) is 0.320. The number of nitrogens with zero attached hydrogens (tertiary/aromatic N) is 2. The molecule has 1 saturated heterocycles. The Balaban J connectivity index is 1.57. The van der Waals surface area contributed by atoms with E-state index in [4.69, 9.17) is 16.3 Å². The number of hydrogen-bond donors (Lipinski definition) is 1. The number of ether oxygens (including phenoxy) is 1. The average Bonchev–Trinajstić information content (AvgIpc) is 2.82. The lowest BCUT2D eigenvalue weighted by Crippen LogP contribution is -2.41. The van der Waals surface area contributed by atoms with E-state index < -0.39 is 0 Å². The predicted octanol–water partition coefficient (Wildman–Crippen LogP) is 5.01. The van der Waals surface area contributed by atoms with Crippen LogP contribution in [0.2, 0.25) is 5.02 Å². The topological polar surface area (TPSA) is 80.6 Å². The van der Waals surface area contributed by atoms with Crippen molar-refractivity contribution in [1.82, 2.24) is 9.47 Å². The minimum Gasteiger partial charge on any atom is -0.450 e. The molecular formula is C25H26ClN3O4. The molecule has 4 rings (SSSR count). The van der Waals surface area contributed by atoms with Crippen molar-refractivity contribution in [1.29, 1.82) is 0 Å². The Morgan fingerprint density at radius 1 is 1.09 bits per heavy atom. The zero-order valence-electron chi connectivity index (χ0n) is 18.6.